The van der Waals surface area contributed by atoms with Crippen LogP contribution in [0.3, 0.4) is 0 Å². The van der Waals surface area contributed by atoms with Gasteiger partial charge in [-0.05, 0) is 46.9 Å². The van der Waals surface area contributed by atoms with Crippen LogP contribution in [0.25, 0.3) is 44.1 Å². The third-order valence-electron chi connectivity index (χ3n) is 5.90. The summed E-state index contributed by atoms with van der Waals surface area (Å²) in [5, 5.41) is 5.10. The summed E-state index contributed by atoms with van der Waals surface area (Å²) in [7, 11) is -1.56. The molecular weight excluding hydrogens is 396 g/mol. The second-order valence-electron chi connectivity index (χ2n) is 9.93. The lowest BCUT2D eigenvalue weighted by molar-refractivity contribution is 0.642. The van der Waals surface area contributed by atoms with Gasteiger partial charge in [0.2, 0.25) is 0 Å². The maximum atomic E-state index is 6.38. The van der Waals surface area contributed by atoms with Gasteiger partial charge in [-0.3, -0.25) is 0 Å². The Balaban J connectivity index is 1.76. The minimum absolute atomic E-state index is 0.606. The zero-order chi connectivity index (χ0) is 21.8. The highest BCUT2D eigenvalue weighted by molar-refractivity contribution is 6.90. The predicted octanol–water partition coefficient (Wildman–Crippen LogP) is 6.94. The molecule has 0 aliphatic rings. The van der Waals surface area contributed by atoms with E-state index in [0.29, 0.717) is 5.92 Å². The van der Waals surface area contributed by atoms with Crippen molar-refractivity contribution in [2.45, 2.75) is 39.9 Å². The fourth-order valence-corrected chi connectivity index (χ4v) is 6.12. The van der Waals surface area contributed by atoms with Gasteiger partial charge in [-0.15, -0.1) is 0 Å². The van der Waals surface area contributed by atoms with Gasteiger partial charge in [0.15, 0.2) is 5.58 Å². The van der Waals surface area contributed by atoms with E-state index >= 15 is 0 Å². The first-order valence-electron chi connectivity index (χ1n) is 11.0. The lowest BCUT2D eigenvalue weighted by atomic mass is 10.0. The number of rotatable bonds is 4. The number of nitrogens with zero attached hydrogens (tertiary/aromatic N) is 2. The molecule has 4 heteroatoms. The average molecular weight is 425 g/mol. The normalized spacial score (nSPS) is 12.5. The lowest BCUT2D eigenvalue weighted by Crippen LogP contribution is -2.38. The molecule has 31 heavy (non-hydrogen) atoms. The molecule has 0 radical (unpaired) electrons. The summed E-state index contributed by atoms with van der Waals surface area (Å²) in [5.74, 6) is 0.606. The molecule has 0 saturated carbocycles. The van der Waals surface area contributed by atoms with Crippen LogP contribution in [0, 0.1) is 5.92 Å². The van der Waals surface area contributed by atoms with Crippen LogP contribution >= 0.6 is 0 Å². The second kappa shape index (κ2) is 7.31. The standard InChI is InChI=1S/C27H28N2OSi/c1-17(2)12-18-10-11-22-23(13-18)30-27-25(28-16-29-26(22)27)20-14-19-8-6-7-9-21(19)24(15-20)31(3,4)5/h6-11,13-17H,12H2,1-5H3. The Morgan fingerprint density at radius 3 is 2.48 bits per heavy atom. The number of furan rings is 1. The van der Waals surface area contributed by atoms with Crippen LogP contribution in [0.4, 0.5) is 0 Å². The van der Waals surface area contributed by atoms with Crippen molar-refractivity contribution >= 4 is 46.1 Å². The number of benzene rings is 3. The van der Waals surface area contributed by atoms with Gasteiger partial charge >= 0.3 is 0 Å². The summed E-state index contributed by atoms with van der Waals surface area (Å²) < 4.78 is 6.38. The molecule has 0 amide bonds. The molecule has 2 aromatic heterocycles. The summed E-state index contributed by atoms with van der Waals surface area (Å²) in [5.41, 5.74) is 5.82. The maximum absolute atomic E-state index is 6.38. The van der Waals surface area contributed by atoms with E-state index < -0.39 is 8.07 Å². The molecule has 5 aromatic rings. The quantitative estimate of drug-likeness (QED) is 0.293. The van der Waals surface area contributed by atoms with Gasteiger partial charge in [0.25, 0.3) is 0 Å². The molecule has 0 atom stereocenters. The zero-order valence-corrected chi connectivity index (χ0v) is 19.9. The summed E-state index contributed by atoms with van der Waals surface area (Å²) in [6.07, 6.45) is 2.70. The fourth-order valence-electron chi connectivity index (χ4n) is 4.49. The van der Waals surface area contributed by atoms with Gasteiger partial charge in [0.05, 0.1) is 8.07 Å². The molecule has 0 unspecified atom stereocenters. The zero-order valence-electron chi connectivity index (χ0n) is 18.9. The highest BCUT2D eigenvalue weighted by Crippen LogP contribution is 2.34. The Morgan fingerprint density at radius 1 is 0.903 bits per heavy atom. The van der Waals surface area contributed by atoms with Crippen molar-refractivity contribution in [3.05, 3.63) is 66.5 Å². The molecule has 0 fully saturated rings. The van der Waals surface area contributed by atoms with Crippen LogP contribution < -0.4 is 5.19 Å². The Hall–Kier alpha value is -2.98. The van der Waals surface area contributed by atoms with Gasteiger partial charge in [0, 0.05) is 10.9 Å². The number of fused-ring (bicyclic) bond motifs is 4. The summed E-state index contributed by atoms with van der Waals surface area (Å²) in [6, 6.07) is 19.7. The molecule has 0 N–H and O–H groups in total. The SMILES string of the molecule is CC(C)Cc1ccc2c(c1)oc1c(-c3cc([Si](C)(C)C)c4ccccc4c3)ncnc12. The van der Waals surface area contributed by atoms with E-state index in [1.807, 2.05) is 0 Å². The van der Waals surface area contributed by atoms with E-state index in [2.05, 4.69) is 98.1 Å². The largest absolute Gasteiger partial charge is 0.452 e. The highest BCUT2D eigenvalue weighted by atomic mass is 28.3. The van der Waals surface area contributed by atoms with Crippen molar-refractivity contribution in [3.8, 4) is 11.3 Å². The third-order valence-corrected chi connectivity index (χ3v) is 7.93. The molecule has 3 nitrogen and oxygen atoms in total. The predicted molar refractivity (Wildman–Crippen MR) is 134 cm³/mol. The molecule has 5 rings (SSSR count). The van der Waals surface area contributed by atoms with Gasteiger partial charge in [-0.25, -0.2) is 9.97 Å². The third kappa shape index (κ3) is 3.55. The maximum Gasteiger partial charge on any atom is 0.180 e. The van der Waals surface area contributed by atoms with Gasteiger partial charge in [0.1, 0.15) is 23.1 Å². The summed E-state index contributed by atoms with van der Waals surface area (Å²) in [4.78, 5) is 9.27. The van der Waals surface area contributed by atoms with Gasteiger partial charge in [-0.1, -0.05) is 75.1 Å². The van der Waals surface area contributed by atoms with Gasteiger partial charge in [-0.2, -0.15) is 0 Å². The molecule has 0 aliphatic heterocycles. The van der Waals surface area contributed by atoms with E-state index in [-0.39, 0.29) is 0 Å². The molecule has 2 heterocycles. The van der Waals surface area contributed by atoms with Crippen molar-refractivity contribution in [1.29, 1.82) is 0 Å². The first-order valence-corrected chi connectivity index (χ1v) is 14.5. The smallest absolute Gasteiger partial charge is 0.180 e. The first kappa shape index (κ1) is 19.9. The van der Waals surface area contributed by atoms with Crippen LogP contribution in [0.15, 0.2) is 65.3 Å². The second-order valence-corrected chi connectivity index (χ2v) is 15.0. The highest BCUT2D eigenvalue weighted by Gasteiger charge is 2.22. The average Bonchev–Trinajstić information content (AvgIpc) is 3.09. The van der Waals surface area contributed by atoms with E-state index in [1.54, 1.807) is 6.33 Å². The number of hydrogen-bond donors (Lipinski definition) is 0. The van der Waals surface area contributed by atoms with Crippen LogP contribution in [-0.4, -0.2) is 18.0 Å². The topological polar surface area (TPSA) is 38.9 Å². The summed E-state index contributed by atoms with van der Waals surface area (Å²) in [6.45, 7) is 11.7. The lowest BCUT2D eigenvalue weighted by Gasteiger charge is -2.20. The van der Waals surface area contributed by atoms with E-state index in [4.69, 9.17) is 4.42 Å². The number of aromatic nitrogens is 2. The molecular formula is C27H28N2OSi. The summed E-state index contributed by atoms with van der Waals surface area (Å²) >= 11 is 0. The Kier molecular flexibility index (Phi) is 4.70. The molecule has 0 bridgehead atoms. The monoisotopic (exact) mass is 424 g/mol. The van der Waals surface area contributed by atoms with Crippen LogP contribution in [0.2, 0.25) is 19.6 Å². The van der Waals surface area contributed by atoms with Crippen molar-refractivity contribution in [2.24, 2.45) is 5.92 Å². The first-order chi connectivity index (χ1) is 14.8. The molecule has 156 valence electrons. The van der Waals surface area contributed by atoms with Crippen molar-refractivity contribution in [1.82, 2.24) is 9.97 Å². The Bertz CT molecular complexity index is 1430. The number of hydrogen-bond acceptors (Lipinski definition) is 3. The molecule has 0 aliphatic carbocycles. The Morgan fingerprint density at radius 2 is 1.71 bits per heavy atom. The van der Waals surface area contributed by atoms with Crippen LogP contribution in [0.5, 0.6) is 0 Å². The molecule has 0 saturated heterocycles. The fraction of sp³-hybridized carbons (Fsp3) is 0.259. The van der Waals surface area contributed by atoms with Crippen LogP contribution in [-0.2, 0) is 6.42 Å². The minimum atomic E-state index is -1.56. The van der Waals surface area contributed by atoms with Crippen molar-refractivity contribution < 1.29 is 4.42 Å². The van der Waals surface area contributed by atoms with E-state index in [0.717, 1.165) is 39.7 Å². The van der Waals surface area contributed by atoms with Crippen molar-refractivity contribution in [2.75, 3.05) is 0 Å². The van der Waals surface area contributed by atoms with Crippen LogP contribution in [0.1, 0.15) is 19.4 Å². The van der Waals surface area contributed by atoms with E-state index in [1.165, 1.54) is 21.5 Å². The minimum Gasteiger partial charge on any atom is -0.452 e. The molecule has 0 spiro atoms. The Labute approximate surface area is 184 Å². The molecule has 3 aromatic carbocycles. The van der Waals surface area contributed by atoms with Crippen molar-refractivity contribution in [3.63, 3.8) is 0 Å². The van der Waals surface area contributed by atoms with E-state index in [9.17, 15) is 0 Å². The van der Waals surface area contributed by atoms with Gasteiger partial charge < -0.3 is 4.42 Å².